The van der Waals surface area contributed by atoms with Gasteiger partial charge in [-0.3, -0.25) is 0 Å². The number of aromatic nitrogens is 2. The van der Waals surface area contributed by atoms with E-state index >= 15 is 0 Å². The zero-order valence-electron chi connectivity index (χ0n) is 9.74. The van der Waals surface area contributed by atoms with Gasteiger partial charge in [0.25, 0.3) is 0 Å². The molecule has 0 saturated carbocycles. The highest BCUT2D eigenvalue weighted by Gasteiger charge is 2.13. The summed E-state index contributed by atoms with van der Waals surface area (Å²) in [5.74, 6) is 0.429. The van der Waals surface area contributed by atoms with Gasteiger partial charge in [0.15, 0.2) is 0 Å². The van der Waals surface area contributed by atoms with Gasteiger partial charge in [-0.25, -0.2) is 4.68 Å². The summed E-state index contributed by atoms with van der Waals surface area (Å²) in [5, 5.41) is 5.13. The first-order chi connectivity index (χ1) is 7.61. The van der Waals surface area contributed by atoms with Gasteiger partial charge in [-0.15, -0.1) is 0 Å². The van der Waals surface area contributed by atoms with Crippen molar-refractivity contribution in [2.24, 2.45) is 0 Å². The Kier molecular flexibility index (Phi) is 3.01. The quantitative estimate of drug-likeness (QED) is 0.769. The Balaban J connectivity index is 2.61. The first-order valence-corrected chi connectivity index (χ1v) is 5.78. The molecule has 0 spiro atoms. The van der Waals surface area contributed by atoms with E-state index in [-0.39, 0.29) is 0 Å². The van der Waals surface area contributed by atoms with E-state index in [9.17, 15) is 0 Å². The van der Waals surface area contributed by atoms with E-state index in [4.69, 9.17) is 11.6 Å². The molecule has 16 heavy (non-hydrogen) atoms. The van der Waals surface area contributed by atoms with Crippen LogP contribution in [0.25, 0.3) is 5.69 Å². The van der Waals surface area contributed by atoms with E-state index in [1.54, 1.807) is 0 Å². The Morgan fingerprint density at radius 2 is 1.94 bits per heavy atom. The van der Waals surface area contributed by atoms with Gasteiger partial charge in [0.05, 0.1) is 16.9 Å². The van der Waals surface area contributed by atoms with Crippen molar-refractivity contribution in [1.29, 1.82) is 0 Å². The summed E-state index contributed by atoms with van der Waals surface area (Å²) >= 11 is 6.18. The second-order valence-corrected chi connectivity index (χ2v) is 4.64. The topological polar surface area (TPSA) is 17.8 Å². The molecule has 2 nitrogen and oxygen atoms in total. The fourth-order valence-corrected chi connectivity index (χ4v) is 2.17. The van der Waals surface area contributed by atoms with Crippen molar-refractivity contribution in [3.63, 3.8) is 0 Å². The molecule has 0 N–H and O–H groups in total. The molecule has 0 amide bonds. The zero-order valence-corrected chi connectivity index (χ0v) is 10.5. The largest absolute Gasteiger partial charge is 0.236 e. The average molecular weight is 235 g/mol. The molecular weight excluding hydrogens is 220 g/mol. The van der Waals surface area contributed by atoms with Crippen LogP contribution in [0.15, 0.2) is 30.5 Å². The molecule has 0 aliphatic carbocycles. The van der Waals surface area contributed by atoms with Crippen molar-refractivity contribution in [1.82, 2.24) is 9.78 Å². The van der Waals surface area contributed by atoms with E-state index in [1.807, 2.05) is 35.1 Å². The predicted octanol–water partition coefficient (Wildman–Crippen LogP) is 3.96. The van der Waals surface area contributed by atoms with Gasteiger partial charge < -0.3 is 0 Å². The highest BCUT2D eigenvalue weighted by Crippen LogP contribution is 2.26. The van der Waals surface area contributed by atoms with Gasteiger partial charge >= 0.3 is 0 Å². The maximum Gasteiger partial charge on any atom is 0.0835 e. The Labute approximate surface area is 101 Å². The lowest BCUT2D eigenvalue weighted by Gasteiger charge is -2.12. The number of benzene rings is 1. The molecule has 0 aliphatic rings. The van der Waals surface area contributed by atoms with Gasteiger partial charge in [-0.2, -0.15) is 5.10 Å². The van der Waals surface area contributed by atoms with Crippen LogP contribution in [0, 0.1) is 6.92 Å². The van der Waals surface area contributed by atoms with Crippen molar-refractivity contribution < 1.29 is 0 Å². The lowest BCUT2D eigenvalue weighted by atomic mass is 10.1. The van der Waals surface area contributed by atoms with E-state index in [2.05, 4.69) is 25.9 Å². The number of para-hydroxylation sites is 1. The summed E-state index contributed by atoms with van der Waals surface area (Å²) in [6.07, 6.45) is 1.89. The molecule has 2 rings (SSSR count). The van der Waals surface area contributed by atoms with Crippen LogP contribution >= 0.6 is 11.6 Å². The lowest BCUT2D eigenvalue weighted by molar-refractivity contribution is 0.730. The molecule has 0 radical (unpaired) electrons. The van der Waals surface area contributed by atoms with Crippen LogP contribution in [0.1, 0.15) is 31.0 Å². The summed E-state index contributed by atoms with van der Waals surface area (Å²) in [6.45, 7) is 6.41. The van der Waals surface area contributed by atoms with Crippen LogP contribution in [-0.2, 0) is 0 Å². The third-order valence-electron chi connectivity index (χ3n) is 2.63. The molecule has 3 heteroatoms. The minimum atomic E-state index is 0.429. The summed E-state index contributed by atoms with van der Waals surface area (Å²) in [6, 6.07) is 7.78. The third-order valence-corrected chi connectivity index (χ3v) is 2.95. The van der Waals surface area contributed by atoms with Gasteiger partial charge in [-0.1, -0.05) is 37.6 Å². The molecule has 1 heterocycles. The lowest BCUT2D eigenvalue weighted by Crippen LogP contribution is -2.05. The maximum atomic E-state index is 6.18. The highest BCUT2D eigenvalue weighted by molar-refractivity contribution is 6.32. The zero-order chi connectivity index (χ0) is 11.7. The maximum absolute atomic E-state index is 6.18. The van der Waals surface area contributed by atoms with E-state index in [0.717, 1.165) is 10.7 Å². The number of hydrogen-bond acceptors (Lipinski definition) is 1. The molecule has 1 aromatic carbocycles. The molecule has 1 aromatic heterocycles. The van der Waals surface area contributed by atoms with Crippen molar-refractivity contribution in [2.75, 3.05) is 0 Å². The van der Waals surface area contributed by atoms with Crippen LogP contribution in [0.2, 0.25) is 5.02 Å². The van der Waals surface area contributed by atoms with Crippen LogP contribution in [0.4, 0.5) is 0 Å². The molecule has 0 unspecified atom stereocenters. The second-order valence-electron chi connectivity index (χ2n) is 4.23. The van der Waals surface area contributed by atoms with Crippen LogP contribution < -0.4 is 0 Å². The van der Waals surface area contributed by atoms with Crippen molar-refractivity contribution in [3.05, 3.63) is 46.7 Å². The minimum Gasteiger partial charge on any atom is -0.236 e. The van der Waals surface area contributed by atoms with Gasteiger partial charge in [0.2, 0.25) is 0 Å². The fraction of sp³-hybridized carbons (Fsp3) is 0.308. The Bertz CT molecular complexity index is 500. The molecule has 0 bridgehead atoms. The van der Waals surface area contributed by atoms with Gasteiger partial charge in [0, 0.05) is 5.69 Å². The molecule has 0 atom stereocenters. The average Bonchev–Trinajstić information content (AvgIpc) is 2.61. The van der Waals surface area contributed by atoms with Gasteiger partial charge in [-0.05, 0) is 30.5 Å². The first kappa shape index (κ1) is 11.2. The molecule has 0 aliphatic heterocycles. The smallest absolute Gasteiger partial charge is 0.0835 e. The number of aryl methyl sites for hydroxylation is 1. The van der Waals surface area contributed by atoms with Crippen molar-refractivity contribution >= 4 is 11.6 Å². The van der Waals surface area contributed by atoms with Crippen molar-refractivity contribution in [3.8, 4) is 5.69 Å². The van der Waals surface area contributed by atoms with Crippen LogP contribution in [-0.4, -0.2) is 9.78 Å². The second kappa shape index (κ2) is 4.30. The van der Waals surface area contributed by atoms with Crippen LogP contribution in [0.5, 0.6) is 0 Å². The predicted molar refractivity (Wildman–Crippen MR) is 67.4 cm³/mol. The fourth-order valence-electron chi connectivity index (χ4n) is 1.96. The monoisotopic (exact) mass is 234 g/mol. The summed E-state index contributed by atoms with van der Waals surface area (Å²) < 4.78 is 1.93. The Morgan fingerprint density at radius 1 is 1.25 bits per heavy atom. The summed E-state index contributed by atoms with van der Waals surface area (Å²) in [4.78, 5) is 0. The molecule has 84 valence electrons. The van der Waals surface area contributed by atoms with Gasteiger partial charge in [0.1, 0.15) is 0 Å². The Hall–Kier alpha value is -1.28. The number of nitrogens with zero attached hydrogens (tertiary/aromatic N) is 2. The SMILES string of the molecule is Cc1cnn(-c2ccccc2Cl)c1C(C)C. The molecule has 0 saturated heterocycles. The summed E-state index contributed by atoms with van der Waals surface area (Å²) in [5.41, 5.74) is 3.36. The highest BCUT2D eigenvalue weighted by atomic mass is 35.5. The number of rotatable bonds is 2. The molecule has 2 aromatic rings. The third kappa shape index (κ3) is 1.85. The van der Waals surface area contributed by atoms with Crippen molar-refractivity contribution in [2.45, 2.75) is 26.7 Å². The van der Waals surface area contributed by atoms with E-state index in [1.165, 1.54) is 11.3 Å². The normalized spacial score (nSPS) is 11.1. The number of hydrogen-bond donors (Lipinski definition) is 0. The first-order valence-electron chi connectivity index (χ1n) is 5.40. The minimum absolute atomic E-state index is 0.429. The summed E-state index contributed by atoms with van der Waals surface area (Å²) in [7, 11) is 0. The van der Waals surface area contributed by atoms with E-state index < -0.39 is 0 Å². The standard InChI is InChI=1S/C13H15ClN2/c1-9(2)13-10(3)8-15-16(13)12-7-5-4-6-11(12)14/h4-9H,1-3H3. The number of halogens is 1. The molecular formula is C13H15ClN2. The van der Waals surface area contributed by atoms with E-state index in [0.29, 0.717) is 5.92 Å². The molecule has 0 fully saturated rings. The van der Waals surface area contributed by atoms with Crippen LogP contribution in [0.3, 0.4) is 0 Å². The Morgan fingerprint density at radius 3 is 2.56 bits per heavy atom.